The number of amides is 1. The zero-order valence-electron chi connectivity index (χ0n) is 37.2. The topological polar surface area (TPSA) is 165 Å². The van der Waals surface area contributed by atoms with Crippen molar-refractivity contribution in [2.75, 3.05) is 33.0 Å². The predicted octanol–water partition coefficient (Wildman–Crippen LogP) is 6.95. The van der Waals surface area contributed by atoms with E-state index >= 15 is 9.18 Å². The van der Waals surface area contributed by atoms with Crippen LogP contribution in [-0.2, 0) is 21.4 Å². The van der Waals surface area contributed by atoms with Gasteiger partial charge in [0.15, 0.2) is 5.82 Å². The Kier molecular flexibility index (Phi) is 9.30. The summed E-state index contributed by atoms with van der Waals surface area (Å²) in [6.45, 7) is 10.5. The van der Waals surface area contributed by atoms with E-state index in [9.17, 15) is 9.59 Å². The van der Waals surface area contributed by atoms with Crippen molar-refractivity contribution >= 4 is 27.7 Å². The van der Waals surface area contributed by atoms with Gasteiger partial charge in [-0.2, -0.15) is 10.2 Å². The molecular formula is C49H49FN10O6. The number of aromatic nitrogens is 9. The largest absolute Gasteiger partial charge is 0.438 e. The van der Waals surface area contributed by atoms with Gasteiger partial charge in [0.2, 0.25) is 0 Å². The molecule has 0 unspecified atom stereocenters. The summed E-state index contributed by atoms with van der Waals surface area (Å²) in [6.07, 6.45) is 9.04. The van der Waals surface area contributed by atoms with E-state index in [0.29, 0.717) is 97.1 Å². The summed E-state index contributed by atoms with van der Waals surface area (Å²) in [6, 6.07) is 17.3. The van der Waals surface area contributed by atoms with Crippen LogP contribution in [0.2, 0.25) is 0 Å². The molecule has 4 atom stereocenters. The van der Waals surface area contributed by atoms with Crippen LogP contribution >= 0.6 is 0 Å². The summed E-state index contributed by atoms with van der Waals surface area (Å²) < 4.78 is 40.5. The van der Waals surface area contributed by atoms with Crippen molar-refractivity contribution in [1.82, 2.24) is 48.3 Å². The summed E-state index contributed by atoms with van der Waals surface area (Å²) in [5.41, 5.74) is 5.91. The number of H-pyrrole nitrogens is 1. The molecule has 8 aromatic rings. The molecule has 66 heavy (non-hydrogen) atoms. The molecule has 8 heterocycles. The Morgan fingerprint density at radius 1 is 0.879 bits per heavy atom. The minimum atomic E-state index is -0.819. The zero-order chi connectivity index (χ0) is 45.2. The number of nitrogens with zero attached hydrogens (tertiary/aromatic N) is 9. The average molecular weight is 893 g/mol. The molecule has 2 saturated heterocycles. The molecule has 0 radical (unpaired) electrons. The number of aryl methyl sites for hydroxylation is 2. The van der Waals surface area contributed by atoms with Crippen LogP contribution in [0.4, 0.5) is 4.39 Å². The molecule has 12 rings (SSSR count). The van der Waals surface area contributed by atoms with Gasteiger partial charge >= 0.3 is 11.4 Å². The van der Waals surface area contributed by atoms with Gasteiger partial charge in [0.25, 0.3) is 5.91 Å². The third-order valence-corrected chi connectivity index (χ3v) is 14.7. The van der Waals surface area contributed by atoms with Crippen molar-refractivity contribution in [3.05, 3.63) is 140 Å². The molecule has 1 N–H and O–H groups in total. The molecule has 16 nitrogen and oxygen atoms in total. The van der Waals surface area contributed by atoms with Crippen LogP contribution in [0, 0.1) is 25.6 Å². The first kappa shape index (κ1) is 40.6. The van der Waals surface area contributed by atoms with Gasteiger partial charge in [-0.05, 0) is 124 Å². The molecular weight excluding hydrogens is 844 g/mol. The van der Waals surface area contributed by atoms with Gasteiger partial charge in [0.1, 0.15) is 22.9 Å². The molecule has 1 amide bonds. The highest BCUT2D eigenvalue weighted by Gasteiger charge is 2.59. The van der Waals surface area contributed by atoms with Crippen molar-refractivity contribution in [1.29, 1.82) is 0 Å². The number of ether oxygens (including phenoxy) is 2. The summed E-state index contributed by atoms with van der Waals surface area (Å²) in [5.74, 6) is 0.0412. The molecule has 1 saturated carbocycles. The Bertz CT molecular complexity index is 3350. The number of carbonyl (C=O) groups excluding carboxylic acids is 1. The third-order valence-electron chi connectivity index (χ3n) is 14.7. The highest BCUT2D eigenvalue weighted by atomic mass is 19.1. The maximum absolute atomic E-state index is 15.5. The normalized spacial score (nSPS) is 22.2. The highest BCUT2D eigenvalue weighted by molar-refractivity contribution is 6.00. The van der Waals surface area contributed by atoms with Crippen LogP contribution in [-0.4, -0.2) is 87.2 Å². The van der Waals surface area contributed by atoms with Gasteiger partial charge in [-0.3, -0.25) is 28.1 Å². The van der Waals surface area contributed by atoms with Gasteiger partial charge < -0.3 is 18.9 Å². The smallest absolute Gasteiger partial charge is 0.381 e. The number of hydrogen-bond donors (Lipinski definition) is 1. The zero-order valence-corrected chi connectivity index (χ0v) is 37.2. The van der Waals surface area contributed by atoms with Crippen LogP contribution in [0.15, 0.2) is 87.3 Å². The Labute approximate surface area is 377 Å². The quantitative estimate of drug-likeness (QED) is 0.170. The number of rotatable bonds is 8. The Hall–Kier alpha value is -6.85. The van der Waals surface area contributed by atoms with Gasteiger partial charge in [-0.1, -0.05) is 18.1 Å². The second-order valence-corrected chi connectivity index (χ2v) is 18.6. The lowest BCUT2D eigenvalue weighted by Gasteiger charge is -2.34. The van der Waals surface area contributed by atoms with E-state index in [-0.39, 0.29) is 29.4 Å². The summed E-state index contributed by atoms with van der Waals surface area (Å²) in [7, 11) is 0. The standard InChI is InChI=1S/C49H49FN10O6/c1-27-19-37(20-28(2)43(27)50)60-44(57-15-14-56(48(57)63)35-6-8-40-34(22-35)25-51-59(40)36-12-18-65-26-36)42-30(4)55(13-9-38(42)53-60)45(61)41-23-33-21-32(31-10-16-64-17-11-31)5-7-39(33)58(41)49(24-29(49)3)46-52-47(62)66-54-46/h5-8,14-15,19-23,25,29-31,36H,9-13,16-18,24,26H2,1-4H3,(H,52,54,62)/t29-,30-,36-,49-/m0/s1. The number of carbonyl (C=O) groups is 1. The number of fused-ring (bicyclic) bond motifs is 3. The third kappa shape index (κ3) is 6.15. The molecule has 3 aromatic carbocycles. The first-order valence-corrected chi connectivity index (χ1v) is 22.9. The summed E-state index contributed by atoms with van der Waals surface area (Å²) in [5, 5.41) is 15.8. The number of nitrogens with one attached hydrogen (secondary N) is 1. The highest BCUT2D eigenvalue weighted by Crippen LogP contribution is 2.56. The minimum Gasteiger partial charge on any atom is -0.381 e. The summed E-state index contributed by atoms with van der Waals surface area (Å²) >= 11 is 0. The minimum absolute atomic E-state index is 0.0307. The van der Waals surface area contributed by atoms with E-state index in [4.69, 9.17) is 19.1 Å². The fourth-order valence-electron chi connectivity index (χ4n) is 11.1. The van der Waals surface area contributed by atoms with Crippen molar-refractivity contribution in [2.24, 2.45) is 5.92 Å². The molecule has 4 aliphatic rings. The van der Waals surface area contributed by atoms with E-state index in [1.165, 1.54) is 5.56 Å². The molecule has 3 aliphatic heterocycles. The lowest BCUT2D eigenvalue weighted by molar-refractivity contribution is 0.0663. The monoisotopic (exact) mass is 892 g/mol. The maximum atomic E-state index is 15.5. The number of imidazole rings is 1. The van der Waals surface area contributed by atoms with Gasteiger partial charge in [-0.25, -0.2) is 18.7 Å². The van der Waals surface area contributed by atoms with Crippen LogP contribution in [0.3, 0.4) is 0 Å². The first-order chi connectivity index (χ1) is 32.0. The van der Waals surface area contributed by atoms with Crippen molar-refractivity contribution in [2.45, 2.75) is 83.3 Å². The summed E-state index contributed by atoms with van der Waals surface area (Å²) in [4.78, 5) is 47.5. The first-order valence-electron chi connectivity index (χ1n) is 22.9. The fraction of sp³-hybridized carbons (Fsp3) is 0.388. The van der Waals surface area contributed by atoms with Gasteiger partial charge in [0, 0.05) is 67.0 Å². The SMILES string of the molecule is Cc1cc(-n2nc3c(c2-n2ccn(-c4ccc5c(cnn5[C@H]5CCOC5)c4)c2=O)[C@H](C)N(C(=O)c2cc4cc(C5CCOCC5)ccc4n2[C@@]2(c4noc(=O)[nH]4)C[C@@H]2C)CC3)cc(C)c1F. The Balaban J connectivity index is 0.981. The molecule has 338 valence electrons. The van der Waals surface area contributed by atoms with Gasteiger partial charge in [-0.15, -0.1) is 0 Å². The Morgan fingerprint density at radius 3 is 2.36 bits per heavy atom. The van der Waals surface area contributed by atoms with Crippen molar-refractivity contribution < 1.29 is 23.2 Å². The lowest BCUT2D eigenvalue weighted by Crippen LogP contribution is -2.41. The number of hydrogen-bond acceptors (Lipinski definition) is 9. The number of aromatic amines is 1. The van der Waals surface area contributed by atoms with E-state index < -0.39 is 17.3 Å². The van der Waals surface area contributed by atoms with E-state index in [0.717, 1.165) is 46.8 Å². The van der Waals surface area contributed by atoms with E-state index in [1.807, 2.05) is 47.0 Å². The van der Waals surface area contributed by atoms with E-state index in [1.54, 1.807) is 52.2 Å². The van der Waals surface area contributed by atoms with Crippen LogP contribution in [0.5, 0.6) is 0 Å². The molecule has 17 heteroatoms. The maximum Gasteiger partial charge on any atom is 0.438 e. The van der Waals surface area contributed by atoms with Crippen molar-refractivity contribution in [3.8, 4) is 17.2 Å². The number of benzene rings is 3. The average Bonchev–Trinajstić information content (AvgIpc) is 4.10. The number of halogens is 1. The van der Waals surface area contributed by atoms with Crippen molar-refractivity contribution in [3.63, 3.8) is 0 Å². The fourth-order valence-corrected chi connectivity index (χ4v) is 11.1. The van der Waals surface area contributed by atoms with Crippen LogP contribution in [0.1, 0.15) is 102 Å². The van der Waals surface area contributed by atoms with Gasteiger partial charge in [0.05, 0.1) is 47.5 Å². The second kappa shape index (κ2) is 15.1. The van der Waals surface area contributed by atoms with Crippen LogP contribution < -0.4 is 11.4 Å². The molecule has 0 bridgehead atoms. The molecule has 3 fully saturated rings. The molecule has 5 aromatic heterocycles. The Morgan fingerprint density at radius 2 is 1.64 bits per heavy atom. The van der Waals surface area contributed by atoms with E-state index in [2.05, 4.69) is 44.9 Å². The molecule has 0 spiro atoms. The lowest BCUT2D eigenvalue weighted by atomic mass is 9.91. The molecule has 1 aliphatic carbocycles. The predicted molar refractivity (Wildman–Crippen MR) is 242 cm³/mol. The van der Waals surface area contributed by atoms with Crippen LogP contribution in [0.25, 0.3) is 39.0 Å². The second-order valence-electron chi connectivity index (χ2n) is 18.6.